The van der Waals surface area contributed by atoms with Gasteiger partial charge in [0.1, 0.15) is 12.3 Å². The zero-order valence-electron chi connectivity index (χ0n) is 14.2. The van der Waals surface area contributed by atoms with Gasteiger partial charge in [0, 0.05) is 18.8 Å². The van der Waals surface area contributed by atoms with Crippen LogP contribution in [0.15, 0.2) is 53.5 Å². The molecule has 1 aliphatic rings. The Bertz CT molecular complexity index is 771. The van der Waals surface area contributed by atoms with Crippen LogP contribution in [0.4, 0.5) is 5.69 Å². The Morgan fingerprint density at radius 2 is 1.92 bits per heavy atom. The first-order valence-electron chi connectivity index (χ1n) is 8.21. The third-order valence-corrected chi connectivity index (χ3v) is 4.23. The molecule has 0 spiro atoms. The first-order chi connectivity index (χ1) is 12.2. The lowest BCUT2D eigenvalue weighted by Gasteiger charge is -2.28. The number of ether oxygens (including phenoxy) is 1. The van der Waals surface area contributed by atoms with Crippen LogP contribution in [-0.2, 0) is 17.8 Å². The molecule has 6 heteroatoms. The van der Waals surface area contributed by atoms with Crippen molar-refractivity contribution in [3.05, 3.63) is 59.7 Å². The number of nitrogens with two attached hydrogens (primary N) is 1. The summed E-state index contributed by atoms with van der Waals surface area (Å²) in [5.74, 6) is 0.964. The molecular weight excluding hydrogens is 316 g/mol. The van der Waals surface area contributed by atoms with E-state index in [1.54, 1.807) is 7.11 Å². The molecule has 0 aromatic heterocycles. The van der Waals surface area contributed by atoms with Crippen LogP contribution in [0, 0.1) is 0 Å². The molecule has 1 heterocycles. The molecular formula is C19H22N4O2. The minimum Gasteiger partial charge on any atom is -0.497 e. The van der Waals surface area contributed by atoms with Gasteiger partial charge in [0.25, 0.3) is 0 Å². The summed E-state index contributed by atoms with van der Waals surface area (Å²) in [6.07, 6.45) is 0.880. The normalized spacial score (nSPS) is 14.0. The zero-order valence-corrected chi connectivity index (χ0v) is 14.2. The van der Waals surface area contributed by atoms with Gasteiger partial charge in [0.15, 0.2) is 5.96 Å². The molecule has 130 valence electrons. The average molecular weight is 338 g/mol. The SMILES string of the molecule is COc1ccc(NC(N)=NCC(=O)N2CCc3ccccc3C2)cc1. The summed E-state index contributed by atoms with van der Waals surface area (Å²) in [7, 11) is 1.61. The summed E-state index contributed by atoms with van der Waals surface area (Å²) in [6, 6.07) is 15.5. The highest BCUT2D eigenvalue weighted by Gasteiger charge is 2.19. The van der Waals surface area contributed by atoms with Crippen molar-refractivity contribution in [3.8, 4) is 5.75 Å². The van der Waals surface area contributed by atoms with E-state index in [0.717, 1.165) is 24.4 Å². The predicted octanol–water partition coefficient (Wildman–Crippen LogP) is 2.01. The highest BCUT2D eigenvalue weighted by molar-refractivity contribution is 5.93. The van der Waals surface area contributed by atoms with Gasteiger partial charge in [-0.3, -0.25) is 4.79 Å². The summed E-state index contributed by atoms with van der Waals surface area (Å²) in [6.45, 7) is 1.39. The lowest BCUT2D eigenvalue weighted by Crippen LogP contribution is -2.38. The van der Waals surface area contributed by atoms with Crippen LogP contribution in [0.1, 0.15) is 11.1 Å². The van der Waals surface area contributed by atoms with E-state index < -0.39 is 0 Å². The number of guanidine groups is 1. The number of nitrogens with zero attached hydrogens (tertiary/aromatic N) is 2. The van der Waals surface area contributed by atoms with Crippen molar-refractivity contribution < 1.29 is 9.53 Å². The number of nitrogens with one attached hydrogen (secondary N) is 1. The Morgan fingerprint density at radius 1 is 1.20 bits per heavy atom. The van der Waals surface area contributed by atoms with Gasteiger partial charge in [-0.05, 0) is 41.8 Å². The second-order valence-electron chi connectivity index (χ2n) is 5.89. The molecule has 6 nitrogen and oxygen atoms in total. The van der Waals surface area contributed by atoms with Crippen molar-refractivity contribution in [1.29, 1.82) is 0 Å². The lowest BCUT2D eigenvalue weighted by molar-refractivity contribution is -0.130. The molecule has 3 rings (SSSR count). The third-order valence-electron chi connectivity index (χ3n) is 4.23. The summed E-state index contributed by atoms with van der Waals surface area (Å²) >= 11 is 0. The van der Waals surface area contributed by atoms with E-state index >= 15 is 0 Å². The number of rotatable bonds is 4. The Kier molecular flexibility index (Phi) is 5.18. The van der Waals surface area contributed by atoms with Gasteiger partial charge in [0.2, 0.25) is 5.91 Å². The Labute approximate surface area is 147 Å². The molecule has 0 fully saturated rings. The minimum absolute atomic E-state index is 0.0195. The molecule has 0 aliphatic carbocycles. The van der Waals surface area contributed by atoms with Crippen molar-refractivity contribution in [2.45, 2.75) is 13.0 Å². The molecule has 0 radical (unpaired) electrons. The first-order valence-corrected chi connectivity index (χ1v) is 8.21. The number of carbonyl (C=O) groups is 1. The Hall–Kier alpha value is -3.02. The highest BCUT2D eigenvalue weighted by Crippen LogP contribution is 2.18. The highest BCUT2D eigenvalue weighted by atomic mass is 16.5. The number of carbonyl (C=O) groups excluding carboxylic acids is 1. The van der Waals surface area contributed by atoms with Crippen LogP contribution >= 0.6 is 0 Å². The third kappa shape index (κ3) is 4.29. The fraction of sp³-hybridized carbons (Fsp3) is 0.263. The summed E-state index contributed by atoms with van der Waals surface area (Å²) in [5, 5.41) is 2.97. The van der Waals surface area contributed by atoms with Crippen molar-refractivity contribution in [1.82, 2.24) is 4.90 Å². The minimum atomic E-state index is -0.0195. The number of amides is 1. The maximum absolute atomic E-state index is 12.4. The molecule has 0 atom stereocenters. The summed E-state index contributed by atoms with van der Waals surface area (Å²) in [5.41, 5.74) is 9.18. The summed E-state index contributed by atoms with van der Waals surface area (Å²) < 4.78 is 5.11. The average Bonchev–Trinajstić information content (AvgIpc) is 2.66. The number of hydrogen-bond donors (Lipinski definition) is 2. The molecule has 1 aliphatic heterocycles. The second-order valence-corrected chi connectivity index (χ2v) is 5.89. The Balaban J connectivity index is 1.55. The first kappa shape index (κ1) is 16.8. The maximum Gasteiger partial charge on any atom is 0.244 e. The maximum atomic E-state index is 12.4. The number of hydrogen-bond acceptors (Lipinski definition) is 3. The van der Waals surface area contributed by atoms with Gasteiger partial charge in [-0.1, -0.05) is 24.3 Å². The largest absolute Gasteiger partial charge is 0.497 e. The van der Waals surface area contributed by atoms with E-state index in [4.69, 9.17) is 10.5 Å². The van der Waals surface area contributed by atoms with E-state index in [0.29, 0.717) is 6.54 Å². The van der Waals surface area contributed by atoms with Crippen molar-refractivity contribution in [2.75, 3.05) is 25.5 Å². The standard InChI is InChI=1S/C19H22N4O2/c1-25-17-8-6-16(7-9-17)22-19(20)21-12-18(24)23-11-10-14-4-2-3-5-15(14)13-23/h2-9H,10-13H2,1H3,(H3,20,21,22). The van der Waals surface area contributed by atoms with Crippen LogP contribution in [0.3, 0.4) is 0 Å². The van der Waals surface area contributed by atoms with Crippen molar-refractivity contribution >= 4 is 17.6 Å². The molecule has 0 unspecified atom stereocenters. The molecule has 1 amide bonds. The van der Waals surface area contributed by atoms with Gasteiger partial charge >= 0.3 is 0 Å². The van der Waals surface area contributed by atoms with E-state index in [-0.39, 0.29) is 18.4 Å². The van der Waals surface area contributed by atoms with Crippen LogP contribution in [-0.4, -0.2) is 37.0 Å². The monoisotopic (exact) mass is 338 g/mol. The molecule has 25 heavy (non-hydrogen) atoms. The molecule has 0 bridgehead atoms. The quantitative estimate of drug-likeness (QED) is 0.660. The summed E-state index contributed by atoms with van der Waals surface area (Å²) in [4.78, 5) is 18.3. The van der Waals surface area contributed by atoms with Gasteiger partial charge in [-0.2, -0.15) is 0 Å². The second kappa shape index (κ2) is 7.70. The molecule has 0 saturated carbocycles. The van der Waals surface area contributed by atoms with Gasteiger partial charge in [-0.25, -0.2) is 4.99 Å². The van der Waals surface area contributed by atoms with Gasteiger partial charge < -0.3 is 20.7 Å². The molecule has 2 aromatic rings. The van der Waals surface area contributed by atoms with Crippen molar-refractivity contribution in [2.24, 2.45) is 10.7 Å². The van der Waals surface area contributed by atoms with Crippen LogP contribution < -0.4 is 15.8 Å². The van der Waals surface area contributed by atoms with Gasteiger partial charge in [0.05, 0.1) is 7.11 Å². The fourth-order valence-corrected chi connectivity index (χ4v) is 2.82. The molecule has 2 aromatic carbocycles. The number of fused-ring (bicyclic) bond motifs is 1. The fourth-order valence-electron chi connectivity index (χ4n) is 2.82. The predicted molar refractivity (Wildman–Crippen MR) is 98.7 cm³/mol. The van der Waals surface area contributed by atoms with E-state index in [1.165, 1.54) is 11.1 Å². The molecule has 0 saturated heterocycles. The number of methoxy groups -OCH3 is 1. The molecule has 3 N–H and O–H groups in total. The van der Waals surface area contributed by atoms with Crippen LogP contribution in [0.2, 0.25) is 0 Å². The number of anilines is 1. The number of benzene rings is 2. The Morgan fingerprint density at radius 3 is 2.64 bits per heavy atom. The van der Waals surface area contributed by atoms with E-state index in [2.05, 4.69) is 22.4 Å². The lowest BCUT2D eigenvalue weighted by atomic mass is 10.00. The topological polar surface area (TPSA) is 80.0 Å². The van der Waals surface area contributed by atoms with E-state index in [9.17, 15) is 4.79 Å². The number of aliphatic imine (C=N–C) groups is 1. The van der Waals surface area contributed by atoms with E-state index in [1.807, 2.05) is 41.3 Å². The van der Waals surface area contributed by atoms with Crippen LogP contribution in [0.5, 0.6) is 5.75 Å². The smallest absolute Gasteiger partial charge is 0.244 e. The van der Waals surface area contributed by atoms with Crippen LogP contribution in [0.25, 0.3) is 0 Å². The zero-order chi connectivity index (χ0) is 17.6. The van der Waals surface area contributed by atoms with Gasteiger partial charge in [-0.15, -0.1) is 0 Å². The van der Waals surface area contributed by atoms with Crippen molar-refractivity contribution in [3.63, 3.8) is 0 Å².